The van der Waals surface area contributed by atoms with Gasteiger partial charge in [0.25, 0.3) is 0 Å². The van der Waals surface area contributed by atoms with Gasteiger partial charge in [-0.2, -0.15) is 10.2 Å². The average Bonchev–Trinajstić information content (AvgIpc) is 3.16. The van der Waals surface area contributed by atoms with Crippen molar-refractivity contribution in [3.63, 3.8) is 0 Å². The lowest BCUT2D eigenvalue weighted by Crippen LogP contribution is -2.17. The van der Waals surface area contributed by atoms with Gasteiger partial charge in [0.1, 0.15) is 23.8 Å². The quantitative estimate of drug-likeness (QED) is 0.270. The van der Waals surface area contributed by atoms with Crippen LogP contribution < -0.4 is 14.9 Å². The van der Waals surface area contributed by atoms with Crippen molar-refractivity contribution in [1.29, 1.82) is 0 Å². The van der Waals surface area contributed by atoms with Crippen molar-refractivity contribution in [1.82, 2.24) is 9.78 Å². The maximum atomic E-state index is 12.5. The molecule has 0 fully saturated rings. The van der Waals surface area contributed by atoms with E-state index in [0.29, 0.717) is 11.3 Å². The number of hydrazone groups is 1. The third kappa shape index (κ3) is 4.70. The van der Waals surface area contributed by atoms with Crippen molar-refractivity contribution in [2.24, 2.45) is 12.1 Å². The number of rotatable bonds is 5. The molecule has 35 heavy (non-hydrogen) atoms. The maximum absolute atomic E-state index is 12.5. The fraction of sp³-hybridized carbons (Fsp3) is 0.154. The molecule has 0 bridgehead atoms. The Labute approximate surface area is 199 Å². The minimum Gasteiger partial charge on any atom is -0.488 e. The summed E-state index contributed by atoms with van der Waals surface area (Å²) in [5, 5.41) is 8.99. The largest absolute Gasteiger partial charge is 0.573 e. The van der Waals surface area contributed by atoms with Gasteiger partial charge in [-0.05, 0) is 60.5 Å². The molecular weight excluding hydrogens is 457 g/mol. The molecule has 1 aromatic heterocycles. The summed E-state index contributed by atoms with van der Waals surface area (Å²) < 4.78 is 49.1. The zero-order valence-corrected chi connectivity index (χ0v) is 18.9. The number of nitrogens with one attached hydrogen (secondary N) is 1. The highest BCUT2D eigenvalue weighted by Gasteiger charge is 2.31. The summed E-state index contributed by atoms with van der Waals surface area (Å²) in [6, 6.07) is 19.4. The molecule has 0 aliphatic carbocycles. The normalized spacial score (nSPS) is 12.7. The van der Waals surface area contributed by atoms with Gasteiger partial charge in [0.05, 0.1) is 17.6 Å². The molecule has 2 heterocycles. The molecule has 0 saturated carbocycles. The standard InChI is InChI=1S/C26H21F3N4O2/c1-16-5-3-4-6-22(16)31-30-14-17-7-12-20-23(13-17)34-15-21-24(20)32-33(2)25(21)18-8-10-19(11-9-18)35-26(27,28)29/h3-14,31H,15H2,1-2H3/b30-14+. The maximum Gasteiger partial charge on any atom is 0.573 e. The molecule has 4 aromatic rings. The Bertz CT molecular complexity index is 1410. The minimum atomic E-state index is -4.73. The molecule has 1 N–H and O–H groups in total. The second-order valence-electron chi connectivity index (χ2n) is 8.10. The fourth-order valence-corrected chi connectivity index (χ4v) is 4.06. The van der Waals surface area contributed by atoms with Crippen molar-refractivity contribution in [2.45, 2.75) is 19.9 Å². The lowest BCUT2D eigenvalue weighted by Gasteiger charge is -2.18. The average molecular weight is 478 g/mol. The van der Waals surface area contributed by atoms with E-state index in [-0.39, 0.29) is 12.4 Å². The van der Waals surface area contributed by atoms with Crippen LogP contribution in [0, 0.1) is 6.92 Å². The summed E-state index contributed by atoms with van der Waals surface area (Å²) in [6.07, 6.45) is -3.01. The van der Waals surface area contributed by atoms with E-state index >= 15 is 0 Å². The highest BCUT2D eigenvalue weighted by atomic mass is 19.4. The lowest BCUT2D eigenvalue weighted by atomic mass is 9.98. The first-order valence-corrected chi connectivity index (χ1v) is 10.8. The number of aromatic nitrogens is 2. The van der Waals surface area contributed by atoms with E-state index in [2.05, 4.69) is 20.4 Å². The molecule has 178 valence electrons. The first kappa shape index (κ1) is 22.5. The molecule has 9 heteroatoms. The Balaban J connectivity index is 1.39. The van der Waals surface area contributed by atoms with Gasteiger partial charge in [-0.3, -0.25) is 10.1 Å². The summed E-state index contributed by atoms with van der Waals surface area (Å²) in [5.41, 5.74) is 9.92. The second kappa shape index (κ2) is 8.83. The molecule has 1 aliphatic heterocycles. The number of hydrogen-bond donors (Lipinski definition) is 1. The van der Waals surface area contributed by atoms with Gasteiger partial charge < -0.3 is 9.47 Å². The van der Waals surface area contributed by atoms with Gasteiger partial charge in [-0.15, -0.1) is 13.2 Å². The second-order valence-corrected chi connectivity index (χ2v) is 8.10. The van der Waals surface area contributed by atoms with Crippen LogP contribution in [0.3, 0.4) is 0 Å². The highest BCUT2D eigenvalue weighted by Crippen LogP contribution is 2.41. The van der Waals surface area contributed by atoms with Gasteiger partial charge in [-0.1, -0.05) is 24.3 Å². The van der Waals surface area contributed by atoms with Crippen LogP contribution in [-0.4, -0.2) is 22.4 Å². The number of halogens is 3. The van der Waals surface area contributed by atoms with Gasteiger partial charge in [0, 0.05) is 23.7 Å². The van der Waals surface area contributed by atoms with Crippen molar-refractivity contribution < 1.29 is 22.6 Å². The van der Waals surface area contributed by atoms with Crippen molar-refractivity contribution in [2.75, 3.05) is 5.43 Å². The predicted molar refractivity (Wildman–Crippen MR) is 127 cm³/mol. The van der Waals surface area contributed by atoms with Crippen LogP contribution >= 0.6 is 0 Å². The number of aryl methyl sites for hydroxylation is 2. The first-order chi connectivity index (χ1) is 16.8. The van der Waals surface area contributed by atoms with Gasteiger partial charge in [0.15, 0.2) is 0 Å². The Morgan fingerprint density at radius 2 is 1.86 bits per heavy atom. The fourth-order valence-electron chi connectivity index (χ4n) is 4.06. The Kier molecular flexibility index (Phi) is 5.68. The number of nitrogens with zero attached hydrogens (tertiary/aromatic N) is 3. The van der Waals surface area contributed by atoms with Crippen LogP contribution in [0.2, 0.25) is 0 Å². The van der Waals surface area contributed by atoms with Crippen LogP contribution in [0.4, 0.5) is 18.9 Å². The summed E-state index contributed by atoms with van der Waals surface area (Å²) in [4.78, 5) is 0. The topological polar surface area (TPSA) is 60.7 Å². The van der Waals surface area contributed by atoms with E-state index in [4.69, 9.17) is 4.74 Å². The Morgan fingerprint density at radius 1 is 1.09 bits per heavy atom. The highest BCUT2D eigenvalue weighted by molar-refractivity contribution is 5.85. The van der Waals surface area contributed by atoms with E-state index in [1.54, 1.807) is 30.1 Å². The van der Waals surface area contributed by atoms with Crippen LogP contribution in [-0.2, 0) is 13.7 Å². The Hall–Kier alpha value is -4.27. The van der Waals surface area contributed by atoms with E-state index in [9.17, 15) is 13.2 Å². The molecule has 0 amide bonds. The number of alkyl halides is 3. The molecule has 1 aliphatic rings. The third-order valence-corrected chi connectivity index (χ3v) is 5.68. The molecule has 3 aromatic carbocycles. The van der Waals surface area contributed by atoms with E-state index in [1.165, 1.54) is 12.1 Å². The number of para-hydroxylation sites is 1. The van der Waals surface area contributed by atoms with E-state index in [1.807, 2.05) is 49.4 Å². The van der Waals surface area contributed by atoms with E-state index in [0.717, 1.165) is 39.3 Å². The van der Waals surface area contributed by atoms with Gasteiger partial charge in [-0.25, -0.2) is 0 Å². The van der Waals surface area contributed by atoms with Crippen molar-refractivity contribution in [3.05, 3.63) is 83.4 Å². The third-order valence-electron chi connectivity index (χ3n) is 5.68. The molecule has 0 unspecified atom stereocenters. The number of hydrogen-bond acceptors (Lipinski definition) is 5. The van der Waals surface area contributed by atoms with Gasteiger partial charge in [0.2, 0.25) is 0 Å². The summed E-state index contributed by atoms with van der Waals surface area (Å²) in [7, 11) is 1.80. The summed E-state index contributed by atoms with van der Waals surface area (Å²) in [5.74, 6) is 0.418. The lowest BCUT2D eigenvalue weighted by molar-refractivity contribution is -0.274. The first-order valence-electron chi connectivity index (χ1n) is 10.8. The van der Waals surface area contributed by atoms with Crippen molar-refractivity contribution in [3.8, 4) is 34.0 Å². The van der Waals surface area contributed by atoms with E-state index < -0.39 is 6.36 Å². The number of fused-ring (bicyclic) bond motifs is 3. The van der Waals surface area contributed by atoms with Gasteiger partial charge >= 0.3 is 6.36 Å². The molecule has 0 saturated heterocycles. The van der Waals surface area contributed by atoms with Crippen LogP contribution in [0.5, 0.6) is 11.5 Å². The Morgan fingerprint density at radius 3 is 2.60 bits per heavy atom. The zero-order chi connectivity index (χ0) is 24.6. The minimum absolute atomic E-state index is 0.273. The van der Waals surface area contributed by atoms with Crippen LogP contribution in [0.1, 0.15) is 16.7 Å². The van der Waals surface area contributed by atoms with Crippen molar-refractivity contribution >= 4 is 11.9 Å². The molecule has 0 radical (unpaired) electrons. The molecule has 0 spiro atoms. The number of ether oxygens (including phenoxy) is 2. The predicted octanol–water partition coefficient (Wildman–Crippen LogP) is 6.30. The summed E-state index contributed by atoms with van der Waals surface area (Å²) in [6.45, 7) is 2.29. The van der Waals surface area contributed by atoms with Crippen LogP contribution in [0.25, 0.3) is 22.5 Å². The SMILES string of the molecule is Cc1ccccc1N/N=C/c1ccc2c(c1)OCc1c-2nn(C)c1-c1ccc(OC(F)(F)F)cc1. The molecule has 0 atom stereocenters. The summed E-state index contributed by atoms with van der Waals surface area (Å²) >= 11 is 0. The van der Waals surface area contributed by atoms with Crippen LogP contribution in [0.15, 0.2) is 71.8 Å². The molecule has 6 nitrogen and oxygen atoms in total. The molecule has 5 rings (SSSR count). The molecular formula is C26H21F3N4O2. The number of benzene rings is 3. The number of anilines is 1. The zero-order valence-electron chi connectivity index (χ0n) is 18.9. The smallest absolute Gasteiger partial charge is 0.488 e. The monoisotopic (exact) mass is 478 g/mol.